The van der Waals surface area contributed by atoms with Crippen molar-refractivity contribution in [1.29, 1.82) is 0 Å². The Hall–Kier alpha value is -1.85. The molecule has 0 aliphatic carbocycles. The number of likely N-dealkylation sites (tertiary alicyclic amines) is 1. The summed E-state index contributed by atoms with van der Waals surface area (Å²) in [5, 5.41) is 0. The maximum Gasteiger partial charge on any atom is 0.410 e. The van der Waals surface area contributed by atoms with Crippen molar-refractivity contribution in [2.75, 3.05) is 19.7 Å². The lowest BCUT2D eigenvalue weighted by Gasteiger charge is -2.24. The van der Waals surface area contributed by atoms with Crippen molar-refractivity contribution < 1.29 is 14.3 Å². The van der Waals surface area contributed by atoms with E-state index in [2.05, 4.69) is 9.97 Å². The summed E-state index contributed by atoms with van der Waals surface area (Å²) in [4.78, 5) is 22.0. The molecule has 0 aromatic carbocycles. The number of carbonyl (C=O) groups excluding carboxylic acids is 1. The van der Waals surface area contributed by atoms with Crippen LogP contribution in [0, 0.1) is 12.8 Å². The minimum Gasteiger partial charge on any atom is -0.476 e. The third kappa shape index (κ3) is 4.58. The van der Waals surface area contributed by atoms with Gasteiger partial charge in [0.05, 0.1) is 12.3 Å². The van der Waals surface area contributed by atoms with E-state index in [1.165, 1.54) is 0 Å². The number of carbonyl (C=O) groups is 1. The lowest BCUT2D eigenvalue weighted by atomic mass is 10.1. The van der Waals surface area contributed by atoms with Crippen LogP contribution in [0.2, 0.25) is 0 Å². The first-order chi connectivity index (χ1) is 9.85. The van der Waals surface area contributed by atoms with Gasteiger partial charge >= 0.3 is 6.09 Å². The highest BCUT2D eigenvalue weighted by atomic mass is 16.6. The van der Waals surface area contributed by atoms with E-state index in [4.69, 9.17) is 9.47 Å². The van der Waals surface area contributed by atoms with E-state index < -0.39 is 5.60 Å². The predicted molar refractivity (Wildman–Crippen MR) is 78.2 cm³/mol. The van der Waals surface area contributed by atoms with Crippen LogP contribution in [0.4, 0.5) is 4.79 Å². The SMILES string of the molecule is Cc1nccnc1OC[C@@H]1CCN(C(=O)OC(C)(C)C)C1. The summed E-state index contributed by atoms with van der Waals surface area (Å²) in [5.74, 6) is 0.868. The molecule has 0 saturated carbocycles. The van der Waals surface area contributed by atoms with E-state index in [1.54, 1.807) is 17.3 Å². The van der Waals surface area contributed by atoms with Gasteiger partial charge in [-0.05, 0) is 34.1 Å². The second-order valence-electron chi connectivity index (χ2n) is 6.34. The summed E-state index contributed by atoms with van der Waals surface area (Å²) < 4.78 is 11.1. The smallest absolute Gasteiger partial charge is 0.410 e. The molecule has 6 nitrogen and oxygen atoms in total. The summed E-state index contributed by atoms with van der Waals surface area (Å²) >= 11 is 0. The Morgan fingerprint density at radius 3 is 2.76 bits per heavy atom. The van der Waals surface area contributed by atoms with E-state index in [-0.39, 0.29) is 6.09 Å². The molecule has 21 heavy (non-hydrogen) atoms. The zero-order valence-electron chi connectivity index (χ0n) is 13.1. The van der Waals surface area contributed by atoms with Crippen LogP contribution in [0.3, 0.4) is 0 Å². The number of hydrogen-bond acceptors (Lipinski definition) is 5. The highest BCUT2D eigenvalue weighted by molar-refractivity contribution is 5.68. The van der Waals surface area contributed by atoms with E-state index >= 15 is 0 Å². The standard InChI is InChI=1S/C15H23N3O3/c1-11-13(17-7-6-16-11)20-10-12-5-8-18(9-12)14(19)21-15(2,3)4/h6-7,12H,5,8-10H2,1-4H3/t12-/m1/s1. The molecule has 1 saturated heterocycles. The van der Waals surface area contributed by atoms with Gasteiger partial charge in [-0.3, -0.25) is 4.98 Å². The summed E-state index contributed by atoms with van der Waals surface area (Å²) in [5.41, 5.74) is 0.321. The molecule has 2 heterocycles. The van der Waals surface area contributed by atoms with Gasteiger partial charge in [-0.25, -0.2) is 9.78 Å². The molecular weight excluding hydrogens is 270 g/mol. The number of hydrogen-bond donors (Lipinski definition) is 0. The largest absolute Gasteiger partial charge is 0.476 e. The summed E-state index contributed by atoms with van der Waals surface area (Å²) in [6.07, 6.45) is 3.92. The fraction of sp³-hybridized carbons (Fsp3) is 0.667. The fourth-order valence-electron chi connectivity index (χ4n) is 2.19. The highest BCUT2D eigenvalue weighted by Gasteiger charge is 2.30. The normalized spacial score (nSPS) is 18.7. The van der Waals surface area contributed by atoms with Crippen molar-refractivity contribution in [3.63, 3.8) is 0 Å². The van der Waals surface area contributed by atoms with Crippen LogP contribution < -0.4 is 4.74 Å². The lowest BCUT2D eigenvalue weighted by molar-refractivity contribution is 0.0284. The Labute approximate surface area is 125 Å². The van der Waals surface area contributed by atoms with E-state index in [1.807, 2.05) is 27.7 Å². The van der Waals surface area contributed by atoms with Gasteiger partial charge in [0.2, 0.25) is 5.88 Å². The van der Waals surface area contributed by atoms with Crippen molar-refractivity contribution in [3.05, 3.63) is 18.1 Å². The number of ether oxygens (including phenoxy) is 2. The molecule has 1 aromatic heterocycles. The summed E-state index contributed by atoms with van der Waals surface area (Å²) in [6, 6.07) is 0. The van der Waals surface area contributed by atoms with Crippen LogP contribution in [-0.2, 0) is 4.74 Å². The van der Waals surface area contributed by atoms with E-state index in [9.17, 15) is 4.79 Å². The molecule has 116 valence electrons. The molecule has 0 N–H and O–H groups in total. The summed E-state index contributed by atoms with van der Waals surface area (Å²) in [7, 11) is 0. The highest BCUT2D eigenvalue weighted by Crippen LogP contribution is 2.21. The van der Waals surface area contributed by atoms with Crippen molar-refractivity contribution >= 4 is 6.09 Å². The first-order valence-electron chi connectivity index (χ1n) is 7.23. The molecule has 1 aliphatic heterocycles. The Balaban J connectivity index is 1.80. The first-order valence-corrected chi connectivity index (χ1v) is 7.23. The first kappa shape index (κ1) is 15.5. The molecule has 6 heteroatoms. The van der Waals surface area contributed by atoms with Crippen LogP contribution in [0.15, 0.2) is 12.4 Å². The molecule has 1 fully saturated rings. The molecule has 1 atom stereocenters. The number of aryl methyl sites for hydroxylation is 1. The summed E-state index contributed by atoms with van der Waals surface area (Å²) in [6.45, 7) is 9.40. The molecule has 0 radical (unpaired) electrons. The second kappa shape index (κ2) is 6.28. The van der Waals surface area contributed by atoms with E-state index in [0.29, 0.717) is 31.5 Å². The molecule has 0 unspecified atom stereocenters. The maximum atomic E-state index is 12.0. The minimum atomic E-state index is -0.456. The zero-order valence-corrected chi connectivity index (χ0v) is 13.1. The minimum absolute atomic E-state index is 0.249. The average molecular weight is 293 g/mol. The van der Waals surface area contributed by atoms with Crippen LogP contribution in [0.5, 0.6) is 5.88 Å². The van der Waals surface area contributed by atoms with Crippen molar-refractivity contribution in [2.45, 2.75) is 39.7 Å². The van der Waals surface area contributed by atoms with Gasteiger partial charge in [-0.15, -0.1) is 0 Å². The predicted octanol–water partition coefficient (Wildman–Crippen LogP) is 2.42. The van der Waals surface area contributed by atoms with Crippen molar-refractivity contribution in [2.24, 2.45) is 5.92 Å². The van der Waals surface area contributed by atoms with Crippen molar-refractivity contribution in [3.8, 4) is 5.88 Å². The number of aromatic nitrogens is 2. The van der Waals surface area contributed by atoms with Gasteiger partial charge in [-0.2, -0.15) is 0 Å². The Morgan fingerprint density at radius 2 is 2.10 bits per heavy atom. The van der Waals surface area contributed by atoms with Gasteiger partial charge < -0.3 is 14.4 Å². The Kier molecular flexibility index (Phi) is 4.65. The number of nitrogens with zero attached hydrogens (tertiary/aromatic N) is 3. The lowest BCUT2D eigenvalue weighted by Crippen LogP contribution is -2.35. The van der Waals surface area contributed by atoms with Gasteiger partial charge in [-0.1, -0.05) is 0 Å². The molecule has 1 amide bonds. The van der Waals surface area contributed by atoms with Gasteiger partial charge in [0.25, 0.3) is 0 Å². The average Bonchev–Trinajstić information content (AvgIpc) is 2.85. The maximum absolute atomic E-state index is 12.0. The fourth-order valence-corrected chi connectivity index (χ4v) is 2.19. The second-order valence-corrected chi connectivity index (χ2v) is 6.34. The molecular formula is C15H23N3O3. The van der Waals surface area contributed by atoms with Crippen LogP contribution >= 0.6 is 0 Å². The third-order valence-electron chi connectivity index (χ3n) is 3.23. The zero-order chi connectivity index (χ0) is 15.5. The monoisotopic (exact) mass is 293 g/mol. The van der Waals surface area contributed by atoms with Gasteiger partial charge in [0, 0.05) is 31.4 Å². The quantitative estimate of drug-likeness (QED) is 0.856. The van der Waals surface area contributed by atoms with Gasteiger partial charge in [0.1, 0.15) is 5.60 Å². The van der Waals surface area contributed by atoms with Crippen LogP contribution in [0.25, 0.3) is 0 Å². The molecule has 0 spiro atoms. The van der Waals surface area contributed by atoms with Crippen LogP contribution in [0.1, 0.15) is 32.9 Å². The Morgan fingerprint density at radius 1 is 1.38 bits per heavy atom. The molecule has 0 bridgehead atoms. The molecule has 2 rings (SSSR count). The topological polar surface area (TPSA) is 64.6 Å². The molecule has 1 aromatic rings. The number of rotatable bonds is 3. The van der Waals surface area contributed by atoms with Crippen molar-refractivity contribution in [1.82, 2.24) is 14.9 Å². The molecule has 1 aliphatic rings. The Bertz CT molecular complexity index is 499. The number of amides is 1. The van der Waals surface area contributed by atoms with E-state index in [0.717, 1.165) is 12.1 Å². The van der Waals surface area contributed by atoms with Gasteiger partial charge in [0.15, 0.2) is 0 Å². The van der Waals surface area contributed by atoms with Crippen LogP contribution in [-0.4, -0.2) is 46.3 Å². The third-order valence-corrected chi connectivity index (χ3v) is 3.23.